The van der Waals surface area contributed by atoms with Crippen LogP contribution in [0.2, 0.25) is 0 Å². The molecule has 9 rings (SSSR count). The van der Waals surface area contributed by atoms with E-state index in [1.54, 1.807) is 0 Å². The first-order chi connectivity index (χ1) is 25.1. The van der Waals surface area contributed by atoms with E-state index in [2.05, 4.69) is 146 Å². The Hall–Kier alpha value is -6.78. The minimum Gasteiger partial charge on any atom is -0.246 e. The fourth-order valence-corrected chi connectivity index (χ4v) is 6.66. The Morgan fingerprint density at radius 2 is 0.804 bits per heavy atom. The SMILES string of the molecule is Cc1cc(-c2ccc3ccc4ccc(C=Cc5ccccc5)nc4c3n2)ccc1-c1ccc2ccc3ccc(C=Cc4ccccc4)nc3c2n1. The Morgan fingerprint density at radius 1 is 0.373 bits per heavy atom. The van der Waals surface area contributed by atoms with Crippen molar-refractivity contribution in [3.63, 3.8) is 0 Å². The summed E-state index contributed by atoms with van der Waals surface area (Å²) in [5.74, 6) is 0. The maximum atomic E-state index is 5.20. The summed E-state index contributed by atoms with van der Waals surface area (Å²) in [6, 6.07) is 52.4. The molecule has 0 N–H and O–H groups in total. The Labute approximate surface area is 296 Å². The van der Waals surface area contributed by atoms with E-state index in [4.69, 9.17) is 19.9 Å². The molecule has 0 fully saturated rings. The summed E-state index contributed by atoms with van der Waals surface area (Å²) in [5.41, 5.74) is 12.8. The van der Waals surface area contributed by atoms with Crippen LogP contribution in [0.3, 0.4) is 0 Å². The molecule has 4 heteroatoms. The molecule has 0 aliphatic rings. The summed E-state index contributed by atoms with van der Waals surface area (Å²) in [5, 5.41) is 4.27. The van der Waals surface area contributed by atoms with E-state index in [1.807, 2.05) is 36.4 Å². The molecule has 240 valence electrons. The highest BCUT2D eigenvalue weighted by molar-refractivity contribution is 6.05. The number of rotatable bonds is 6. The predicted octanol–water partition coefficient (Wildman–Crippen LogP) is 11.9. The van der Waals surface area contributed by atoms with Gasteiger partial charge in [-0.05, 0) is 66.1 Å². The normalized spacial score (nSPS) is 11.9. The van der Waals surface area contributed by atoms with E-state index in [1.165, 1.54) is 0 Å². The molecule has 0 unspecified atom stereocenters. The predicted molar refractivity (Wildman–Crippen MR) is 214 cm³/mol. The third-order valence-electron chi connectivity index (χ3n) is 9.37. The van der Waals surface area contributed by atoms with Crippen LogP contribution in [0.15, 0.2) is 152 Å². The number of aryl methyl sites for hydroxylation is 1. The first-order valence-corrected chi connectivity index (χ1v) is 17.1. The van der Waals surface area contributed by atoms with Gasteiger partial charge >= 0.3 is 0 Å². The Morgan fingerprint density at radius 3 is 1.31 bits per heavy atom. The van der Waals surface area contributed by atoms with Crippen molar-refractivity contribution in [1.29, 1.82) is 0 Å². The minimum atomic E-state index is 0.898. The molecule has 0 atom stereocenters. The fraction of sp³-hybridized carbons (Fsp3) is 0.0213. The van der Waals surface area contributed by atoms with Crippen LogP contribution in [-0.2, 0) is 0 Å². The molecule has 0 amide bonds. The second-order valence-electron chi connectivity index (χ2n) is 12.8. The number of fused-ring (bicyclic) bond motifs is 6. The molecule has 51 heavy (non-hydrogen) atoms. The number of nitrogens with zero attached hydrogens (tertiary/aromatic N) is 4. The van der Waals surface area contributed by atoms with Crippen LogP contribution in [0, 0.1) is 6.92 Å². The lowest BCUT2D eigenvalue weighted by Gasteiger charge is -2.11. The number of aromatic nitrogens is 4. The topological polar surface area (TPSA) is 51.6 Å². The molecule has 4 nitrogen and oxygen atoms in total. The van der Waals surface area contributed by atoms with Gasteiger partial charge in [-0.1, -0.05) is 133 Å². The van der Waals surface area contributed by atoms with Gasteiger partial charge in [-0.2, -0.15) is 0 Å². The summed E-state index contributed by atoms with van der Waals surface area (Å²) in [7, 11) is 0. The highest BCUT2D eigenvalue weighted by Gasteiger charge is 2.12. The van der Waals surface area contributed by atoms with Crippen LogP contribution < -0.4 is 0 Å². The standard InChI is InChI=1S/C47H32N4/c1-31-30-38(42-28-21-36-16-14-34-18-25-39(48-44(34)46(36)50-42)23-12-32-8-4-2-5-9-32)20-27-41(31)43-29-22-37-17-15-35-19-26-40(49-45(35)47(37)51-43)24-13-33-10-6-3-7-11-33/h2-30H,1H3. The van der Waals surface area contributed by atoms with Gasteiger partial charge in [0.05, 0.1) is 44.8 Å². The Balaban J connectivity index is 1.06. The number of hydrogen-bond acceptors (Lipinski definition) is 4. The molecule has 4 heterocycles. The molecule has 0 saturated carbocycles. The fourth-order valence-electron chi connectivity index (χ4n) is 6.66. The van der Waals surface area contributed by atoms with Gasteiger partial charge in [0, 0.05) is 32.7 Å². The third kappa shape index (κ3) is 6.04. The summed E-state index contributed by atoms with van der Waals surface area (Å²) < 4.78 is 0. The Kier molecular flexibility index (Phi) is 7.67. The van der Waals surface area contributed by atoms with Crippen LogP contribution >= 0.6 is 0 Å². The quantitative estimate of drug-likeness (QED) is 0.168. The van der Waals surface area contributed by atoms with Crippen molar-refractivity contribution in [3.05, 3.63) is 180 Å². The van der Waals surface area contributed by atoms with Crippen molar-refractivity contribution in [2.75, 3.05) is 0 Å². The smallest absolute Gasteiger partial charge is 0.0972 e. The van der Waals surface area contributed by atoms with Gasteiger partial charge in [-0.25, -0.2) is 19.9 Å². The van der Waals surface area contributed by atoms with Crippen molar-refractivity contribution < 1.29 is 0 Å². The average molecular weight is 653 g/mol. The average Bonchev–Trinajstić information content (AvgIpc) is 3.19. The van der Waals surface area contributed by atoms with E-state index < -0.39 is 0 Å². The van der Waals surface area contributed by atoms with Gasteiger partial charge in [0.1, 0.15) is 0 Å². The van der Waals surface area contributed by atoms with Gasteiger partial charge in [0.25, 0.3) is 0 Å². The molecule has 5 aromatic carbocycles. The Bertz CT molecular complexity index is 2800. The van der Waals surface area contributed by atoms with Gasteiger partial charge in [0.15, 0.2) is 0 Å². The van der Waals surface area contributed by atoms with Gasteiger partial charge in [-0.3, -0.25) is 0 Å². The summed E-state index contributed by atoms with van der Waals surface area (Å²) in [6.45, 7) is 2.14. The highest BCUT2D eigenvalue weighted by atomic mass is 14.8. The molecule has 4 aromatic heterocycles. The zero-order valence-corrected chi connectivity index (χ0v) is 28.0. The summed E-state index contributed by atoms with van der Waals surface area (Å²) in [4.78, 5) is 20.4. The third-order valence-corrected chi connectivity index (χ3v) is 9.37. The molecule has 0 aliphatic heterocycles. The molecule has 9 aromatic rings. The molecule has 0 bridgehead atoms. The second kappa shape index (κ2) is 12.9. The summed E-state index contributed by atoms with van der Waals surface area (Å²) >= 11 is 0. The van der Waals surface area contributed by atoms with Gasteiger partial charge in [0.2, 0.25) is 0 Å². The largest absolute Gasteiger partial charge is 0.246 e. The van der Waals surface area contributed by atoms with Gasteiger partial charge in [-0.15, -0.1) is 0 Å². The number of pyridine rings is 4. The van der Waals surface area contributed by atoms with Crippen molar-refractivity contribution in [3.8, 4) is 22.5 Å². The van der Waals surface area contributed by atoms with Crippen molar-refractivity contribution in [1.82, 2.24) is 19.9 Å². The van der Waals surface area contributed by atoms with Crippen LogP contribution in [0.4, 0.5) is 0 Å². The first-order valence-electron chi connectivity index (χ1n) is 17.1. The second-order valence-corrected chi connectivity index (χ2v) is 12.8. The molecule has 0 saturated heterocycles. The molecular formula is C47H32N4. The van der Waals surface area contributed by atoms with E-state index in [-0.39, 0.29) is 0 Å². The van der Waals surface area contributed by atoms with Crippen molar-refractivity contribution in [2.24, 2.45) is 0 Å². The first kappa shape index (κ1) is 30.3. The van der Waals surface area contributed by atoms with Crippen molar-refractivity contribution in [2.45, 2.75) is 6.92 Å². The van der Waals surface area contributed by atoms with Crippen LogP contribution in [0.25, 0.3) is 90.4 Å². The minimum absolute atomic E-state index is 0.898. The van der Waals surface area contributed by atoms with Crippen LogP contribution in [-0.4, -0.2) is 19.9 Å². The lowest BCUT2D eigenvalue weighted by atomic mass is 9.99. The maximum absolute atomic E-state index is 5.20. The maximum Gasteiger partial charge on any atom is 0.0972 e. The van der Waals surface area contributed by atoms with E-state index in [9.17, 15) is 0 Å². The molecular weight excluding hydrogens is 621 g/mol. The van der Waals surface area contributed by atoms with Gasteiger partial charge < -0.3 is 0 Å². The monoisotopic (exact) mass is 652 g/mol. The number of benzene rings is 5. The molecule has 0 aliphatic carbocycles. The molecule has 0 radical (unpaired) electrons. The van der Waals surface area contributed by atoms with E-state index in [0.29, 0.717) is 0 Å². The zero-order valence-electron chi connectivity index (χ0n) is 28.0. The number of hydrogen-bond donors (Lipinski definition) is 0. The van der Waals surface area contributed by atoms with E-state index >= 15 is 0 Å². The van der Waals surface area contributed by atoms with Crippen LogP contribution in [0.5, 0.6) is 0 Å². The van der Waals surface area contributed by atoms with E-state index in [0.717, 1.165) is 94.2 Å². The molecule has 0 spiro atoms. The van der Waals surface area contributed by atoms with Crippen LogP contribution in [0.1, 0.15) is 28.1 Å². The lowest BCUT2D eigenvalue weighted by Crippen LogP contribution is -1.93. The highest BCUT2D eigenvalue weighted by Crippen LogP contribution is 2.32. The lowest BCUT2D eigenvalue weighted by molar-refractivity contribution is 1.33. The van der Waals surface area contributed by atoms with Crippen molar-refractivity contribution >= 4 is 67.9 Å². The summed E-state index contributed by atoms with van der Waals surface area (Å²) in [6.07, 6.45) is 8.30. The zero-order chi connectivity index (χ0) is 34.1.